The highest BCUT2D eigenvalue weighted by molar-refractivity contribution is 7.09. The summed E-state index contributed by atoms with van der Waals surface area (Å²) in [5, 5.41) is 9.47. The summed E-state index contributed by atoms with van der Waals surface area (Å²) in [4.78, 5) is 17.7. The Labute approximate surface area is 211 Å². The van der Waals surface area contributed by atoms with Crippen molar-refractivity contribution in [2.24, 2.45) is 5.92 Å². The molecule has 1 saturated heterocycles. The Bertz CT molecular complexity index is 1240. The van der Waals surface area contributed by atoms with Gasteiger partial charge in [0.2, 0.25) is 0 Å². The number of carboxylic acids is 1. The molecule has 0 unspecified atom stereocenters. The van der Waals surface area contributed by atoms with Gasteiger partial charge >= 0.3 is 12.1 Å². The van der Waals surface area contributed by atoms with Crippen LogP contribution in [0.2, 0.25) is 0 Å². The molecular weight excluding hydrogens is 491 g/mol. The minimum Gasteiger partial charge on any atom is -0.490 e. The van der Waals surface area contributed by atoms with Crippen molar-refractivity contribution in [2.45, 2.75) is 45.9 Å². The van der Waals surface area contributed by atoms with Gasteiger partial charge in [0.05, 0.1) is 17.6 Å². The van der Waals surface area contributed by atoms with E-state index in [1.807, 2.05) is 25.1 Å². The lowest BCUT2D eigenvalue weighted by Gasteiger charge is -2.36. The summed E-state index contributed by atoms with van der Waals surface area (Å²) in [6.45, 7) is 7.30. The standard InChI is InChI=1S/C26H28F3N3O3S/c1-4-19-16(10-11-32-13-18(14-32)25(33)34)6-5-7-20(19)23-30-24(36-31-23)17-8-9-22(35-15(2)3)21(12-17)26(27,28)29/h5-9,12,15,18H,4,10-11,13-14H2,1-3H3,(H,33,34). The largest absolute Gasteiger partial charge is 0.490 e. The van der Waals surface area contributed by atoms with Crippen molar-refractivity contribution in [2.75, 3.05) is 19.6 Å². The first-order chi connectivity index (χ1) is 17.1. The van der Waals surface area contributed by atoms with E-state index < -0.39 is 17.7 Å². The molecule has 1 aromatic heterocycles. The highest BCUT2D eigenvalue weighted by atomic mass is 32.1. The van der Waals surface area contributed by atoms with Gasteiger partial charge in [0.1, 0.15) is 10.8 Å². The Hall–Kier alpha value is -2.98. The van der Waals surface area contributed by atoms with Crippen LogP contribution in [0.5, 0.6) is 5.75 Å². The van der Waals surface area contributed by atoms with Gasteiger partial charge in [0, 0.05) is 30.8 Å². The molecule has 2 aromatic carbocycles. The molecule has 0 atom stereocenters. The third-order valence-electron chi connectivity index (χ3n) is 6.19. The fourth-order valence-corrected chi connectivity index (χ4v) is 5.05. The van der Waals surface area contributed by atoms with Gasteiger partial charge in [-0.1, -0.05) is 25.1 Å². The number of hydrogen-bond donors (Lipinski definition) is 1. The lowest BCUT2D eigenvalue weighted by atomic mass is 9.94. The first-order valence-corrected chi connectivity index (χ1v) is 12.6. The first kappa shape index (κ1) is 26.1. The summed E-state index contributed by atoms with van der Waals surface area (Å²) in [6.07, 6.45) is -3.42. The van der Waals surface area contributed by atoms with Gasteiger partial charge in [-0.2, -0.15) is 17.5 Å². The van der Waals surface area contributed by atoms with E-state index >= 15 is 0 Å². The number of aromatic nitrogens is 2. The number of rotatable bonds is 9. The lowest BCUT2D eigenvalue weighted by Crippen LogP contribution is -2.50. The summed E-state index contributed by atoms with van der Waals surface area (Å²) in [7, 11) is 0. The number of halogens is 3. The maximum Gasteiger partial charge on any atom is 0.419 e. The summed E-state index contributed by atoms with van der Waals surface area (Å²) >= 11 is 1.06. The Kier molecular flexibility index (Phi) is 7.65. The number of likely N-dealkylation sites (tertiary alicyclic amines) is 1. The van der Waals surface area contributed by atoms with E-state index in [4.69, 9.17) is 9.84 Å². The fourth-order valence-electron chi connectivity index (χ4n) is 4.37. The van der Waals surface area contributed by atoms with Gasteiger partial charge in [-0.15, -0.1) is 0 Å². The predicted molar refractivity (Wildman–Crippen MR) is 132 cm³/mol. The van der Waals surface area contributed by atoms with E-state index in [9.17, 15) is 18.0 Å². The van der Waals surface area contributed by atoms with E-state index in [1.165, 1.54) is 6.07 Å². The van der Waals surface area contributed by atoms with Crippen LogP contribution in [0.4, 0.5) is 13.2 Å². The summed E-state index contributed by atoms with van der Waals surface area (Å²) < 4.78 is 50.9. The molecule has 0 radical (unpaired) electrons. The lowest BCUT2D eigenvalue weighted by molar-refractivity contribution is -0.147. The second-order valence-corrected chi connectivity index (χ2v) is 9.89. The molecule has 0 aliphatic carbocycles. The molecule has 3 aromatic rings. The second-order valence-electron chi connectivity index (χ2n) is 9.14. The SMILES string of the molecule is CCc1c(CCN2CC(C(=O)O)C2)cccc1-c1nsc(-c2ccc(OC(C)C)c(C(F)(F)F)c2)n1. The van der Waals surface area contributed by atoms with Crippen LogP contribution in [-0.2, 0) is 23.8 Å². The Morgan fingerprint density at radius 3 is 2.64 bits per heavy atom. The van der Waals surface area contributed by atoms with Gasteiger partial charge in [-0.25, -0.2) is 4.98 Å². The van der Waals surface area contributed by atoms with E-state index in [-0.39, 0.29) is 17.8 Å². The van der Waals surface area contributed by atoms with Gasteiger partial charge < -0.3 is 14.7 Å². The van der Waals surface area contributed by atoms with Gasteiger partial charge in [-0.05, 0) is 67.5 Å². The van der Waals surface area contributed by atoms with Gasteiger partial charge in [0.25, 0.3) is 0 Å². The fraction of sp³-hybridized carbons (Fsp3) is 0.423. The second kappa shape index (κ2) is 10.6. The first-order valence-electron chi connectivity index (χ1n) is 11.8. The Balaban J connectivity index is 1.57. The number of carbonyl (C=O) groups is 1. The summed E-state index contributed by atoms with van der Waals surface area (Å²) in [5.41, 5.74) is 2.59. The minimum atomic E-state index is -4.56. The maximum absolute atomic E-state index is 13.7. The van der Waals surface area contributed by atoms with Crippen LogP contribution in [-0.4, -0.2) is 51.1 Å². The molecular formula is C26H28F3N3O3S. The van der Waals surface area contributed by atoms with E-state index in [0.29, 0.717) is 29.5 Å². The van der Waals surface area contributed by atoms with Crippen LogP contribution in [0.25, 0.3) is 22.0 Å². The molecule has 1 fully saturated rings. The molecule has 36 heavy (non-hydrogen) atoms. The van der Waals surface area contributed by atoms with Crippen molar-refractivity contribution in [1.29, 1.82) is 0 Å². The maximum atomic E-state index is 13.7. The van der Waals surface area contributed by atoms with Gasteiger partial charge in [-0.3, -0.25) is 4.79 Å². The number of nitrogens with zero attached hydrogens (tertiary/aromatic N) is 3. The molecule has 0 bridgehead atoms. The topological polar surface area (TPSA) is 75.6 Å². The highest BCUT2D eigenvalue weighted by Crippen LogP contribution is 2.40. The zero-order chi connectivity index (χ0) is 26.0. The van der Waals surface area contributed by atoms with E-state index in [2.05, 4.69) is 14.3 Å². The Morgan fingerprint density at radius 1 is 1.25 bits per heavy atom. The number of alkyl halides is 3. The Morgan fingerprint density at radius 2 is 2.00 bits per heavy atom. The molecule has 4 rings (SSSR count). The van der Waals surface area contributed by atoms with Crippen molar-refractivity contribution >= 4 is 17.5 Å². The van der Waals surface area contributed by atoms with Gasteiger partial charge in [0.15, 0.2) is 5.82 Å². The number of carboxylic acid groups (broad SMARTS) is 1. The van der Waals surface area contributed by atoms with E-state index in [1.54, 1.807) is 19.9 Å². The minimum absolute atomic E-state index is 0.205. The molecule has 1 N–H and O–H groups in total. The molecule has 192 valence electrons. The number of aliphatic carboxylic acids is 1. The molecule has 0 saturated carbocycles. The highest BCUT2D eigenvalue weighted by Gasteiger charge is 2.35. The zero-order valence-electron chi connectivity index (χ0n) is 20.3. The quantitative estimate of drug-likeness (QED) is 0.385. The van der Waals surface area contributed by atoms with Crippen LogP contribution in [0.15, 0.2) is 36.4 Å². The van der Waals surface area contributed by atoms with Crippen LogP contribution >= 0.6 is 11.5 Å². The molecule has 1 aliphatic rings. The molecule has 1 aliphatic heterocycles. The van der Waals surface area contributed by atoms with Crippen molar-refractivity contribution in [3.8, 4) is 27.7 Å². The number of benzene rings is 2. The van der Waals surface area contributed by atoms with Crippen LogP contribution in [0, 0.1) is 5.92 Å². The van der Waals surface area contributed by atoms with Crippen molar-refractivity contribution in [1.82, 2.24) is 14.3 Å². The summed E-state index contributed by atoms with van der Waals surface area (Å²) in [5.74, 6) is -0.760. The van der Waals surface area contributed by atoms with Crippen molar-refractivity contribution < 1.29 is 27.8 Å². The van der Waals surface area contributed by atoms with Crippen LogP contribution in [0.3, 0.4) is 0 Å². The van der Waals surface area contributed by atoms with Crippen LogP contribution in [0.1, 0.15) is 37.5 Å². The monoisotopic (exact) mass is 519 g/mol. The third kappa shape index (κ3) is 5.70. The third-order valence-corrected chi connectivity index (χ3v) is 6.96. The van der Waals surface area contributed by atoms with Crippen molar-refractivity contribution in [3.05, 3.63) is 53.1 Å². The van der Waals surface area contributed by atoms with Crippen molar-refractivity contribution in [3.63, 3.8) is 0 Å². The molecule has 6 nitrogen and oxygen atoms in total. The average molecular weight is 520 g/mol. The zero-order valence-corrected chi connectivity index (χ0v) is 21.1. The smallest absolute Gasteiger partial charge is 0.419 e. The molecule has 2 heterocycles. The van der Waals surface area contributed by atoms with Crippen LogP contribution < -0.4 is 4.74 Å². The summed E-state index contributed by atoms with van der Waals surface area (Å²) in [6, 6.07) is 9.89. The average Bonchev–Trinajstić information content (AvgIpc) is 3.26. The molecule has 0 spiro atoms. The molecule has 0 amide bonds. The van der Waals surface area contributed by atoms with E-state index in [0.717, 1.165) is 53.7 Å². The number of ether oxygens (including phenoxy) is 1. The molecule has 10 heteroatoms. The number of hydrogen-bond acceptors (Lipinski definition) is 6. The predicted octanol–water partition coefficient (Wildman–Crippen LogP) is 5.80. The normalized spacial score (nSPS) is 14.8.